The molecule has 0 atom stereocenters. The first-order valence-corrected chi connectivity index (χ1v) is 10.2. The first-order chi connectivity index (χ1) is 16.5. The van der Waals surface area contributed by atoms with Crippen molar-refractivity contribution in [3.63, 3.8) is 0 Å². The number of aryl methyl sites for hydroxylation is 1. The number of imidazole rings is 1. The molecule has 34 heavy (non-hydrogen) atoms. The zero-order valence-electron chi connectivity index (χ0n) is 17.8. The molecule has 0 radical (unpaired) electrons. The van der Waals surface area contributed by atoms with Gasteiger partial charge in [-0.25, -0.2) is 18.4 Å². The van der Waals surface area contributed by atoms with Gasteiger partial charge in [-0.3, -0.25) is 9.20 Å². The molecule has 3 heterocycles. The third kappa shape index (κ3) is 3.94. The highest BCUT2D eigenvalue weighted by Crippen LogP contribution is 2.25. The molecule has 1 amide bonds. The van der Waals surface area contributed by atoms with Crippen LogP contribution in [0.1, 0.15) is 21.7 Å². The zero-order chi connectivity index (χ0) is 23.7. The third-order valence-corrected chi connectivity index (χ3v) is 5.15. The summed E-state index contributed by atoms with van der Waals surface area (Å²) in [6.45, 7) is 1.37. The van der Waals surface area contributed by atoms with Gasteiger partial charge in [0.15, 0.2) is 11.4 Å². The standard InChI is InChI=1S/C23H17F2N7O2/c1-14-21(23(33)28-15-5-2-6-16(11-15)32-13-26-29-30-32)31-10-4-9-20(22(31)27-14)34-12-17-18(24)7-3-8-19(17)25/h2-11,13H,12H2,1H3,(H,28,33). The molecule has 0 spiro atoms. The Morgan fingerprint density at radius 3 is 2.65 bits per heavy atom. The summed E-state index contributed by atoms with van der Waals surface area (Å²) in [6, 6.07) is 13.9. The number of nitrogens with one attached hydrogen (secondary N) is 1. The van der Waals surface area contributed by atoms with Crippen LogP contribution in [-0.4, -0.2) is 35.5 Å². The summed E-state index contributed by atoms with van der Waals surface area (Å²) in [5.41, 5.74) is 2.13. The molecule has 170 valence electrons. The van der Waals surface area contributed by atoms with E-state index in [1.807, 2.05) is 0 Å². The first kappa shape index (κ1) is 21.2. The molecule has 11 heteroatoms. The second-order valence-corrected chi connectivity index (χ2v) is 7.36. The average Bonchev–Trinajstić information content (AvgIpc) is 3.47. The predicted molar refractivity (Wildman–Crippen MR) is 118 cm³/mol. The Bertz CT molecular complexity index is 1480. The maximum atomic E-state index is 14.0. The van der Waals surface area contributed by atoms with Crippen molar-refractivity contribution in [3.05, 3.63) is 95.7 Å². The van der Waals surface area contributed by atoms with Crippen LogP contribution in [0.15, 0.2) is 67.1 Å². The number of rotatable bonds is 6. The number of ether oxygens (including phenoxy) is 1. The fourth-order valence-electron chi connectivity index (χ4n) is 3.56. The molecule has 0 bridgehead atoms. The Morgan fingerprint density at radius 1 is 1.09 bits per heavy atom. The number of pyridine rings is 1. The number of carbonyl (C=O) groups excluding carboxylic acids is 1. The van der Waals surface area contributed by atoms with E-state index in [1.165, 1.54) is 29.2 Å². The van der Waals surface area contributed by atoms with Crippen molar-refractivity contribution in [3.8, 4) is 11.4 Å². The molecule has 0 aliphatic rings. The van der Waals surface area contributed by atoms with Crippen LogP contribution in [0.4, 0.5) is 14.5 Å². The van der Waals surface area contributed by atoms with E-state index >= 15 is 0 Å². The van der Waals surface area contributed by atoms with Crippen molar-refractivity contribution >= 4 is 17.2 Å². The molecule has 0 saturated carbocycles. The molecular weight excluding hydrogens is 444 g/mol. The highest BCUT2D eigenvalue weighted by atomic mass is 19.1. The van der Waals surface area contributed by atoms with E-state index in [2.05, 4.69) is 25.8 Å². The molecule has 0 aliphatic carbocycles. The van der Waals surface area contributed by atoms with E-state index in [4.69, 9.17) is 4.74 Å². The van der Waals surface area contributed by atoms with Gasteiger partial charge >= 0.3 is 0 Å². The van der Waals surface area contributed by atoms with Crippen LogP contribution < -0.4 is 10.1 Å². The Labute approximate surface area is 191 Å². The van der Waals surface area contributed by atoms with Crippen molar-refractivity contribution in [1.82, 2.24) is 29.6 Å². The molecule has 5 rings (SSSR count). The lowest BCUT2D eigenvalue weighted by atomic mass is 10.2. The normalized spacial score (nSPS) is 11.0. The number of aromatic nitrogens is 6. The second-order valence-electron chi connectivity index (χ2n) is 7.36. The molecule has 2 aromatic carbocycles. The molecule has 0 fully saturated rings. The monoisotopic (exact) mass is 461 g/mol. The lowest BCUT2D eigenvalue weighted by Gasteiger charge is -2.10. The molecular formula is C23H17F2N7O2. The van der Waals surface area contributed by atoms with Crippen LogP contribution in [0, 0.1) is 18.6 Å². The van der Waals surface area contributed by atoms with Gasteiger partial charge in [0.2, 0.25) is 0 Å². The number of amides is 1. The highest BCUT2D eigenvalue weighted by Gasteiger charge is 2.20. The fourth-order valence-corrected chi connectivity index (χ4v) is 3.56. The van der Waals surface area contributed by atoms with Crippen LogP contribution in [0.5, 0.6) is 5.75 Å². The maximum Gasteiger partial charge on any atom is 0.274 e. The smallest absolute Gasteiger partial charge is 0.274 e. The van der Waals surface area contributed by atoms with Crippen LogP contribution >= 0.6 is 0 Å². The minimum absolute atomic E-state index is 0.187. The van der Waals surface area contributed by atoms with Gasteiger partial charge in [0, 0.05) is 11.9 Å². The Hall–Kier alpha value is -4.67. The van der Waals surface area contributed by atoms with Crippen molar-refractivity contribution in [2.45, 2.75) is 13.5 Å². The van der Waals surface area contributed by atoms with E-state index in [0.717, 1.165) is 0 Å². The van der Waals surface area contributed by atoms with E-state index < -0.39 is 17.5 Å². The van der Waals surface area contributed by atoms with Gasteiger partial charge in [0.1, 0.15) is 30.3 Å². The Kier molecular flexibility index (Phi) is 5.42. The average molecular weight is 461 g/mol. The maximum absolute atomic E-state index is 14.0. The zero-order valence-corrected chi connectivity index (χ0v) is 17.8. The molecule has 5 aromatic rings. The van der Waals surface area contributed by atoms with E-state index in [-0.39, 0.29) is 17.9 Å². The van der Waals surface area contributed by atoms with Gasteiger partial charge in [-0.15, -0.1) is 5.10 Å². The van der Waals surface area contributed by atoms with Crippen LogP contribution in [0.2, 0.25) is 0 Å². The lowest BCUT2D eigenvalue weighted by molar-refractivity contribution is 0.102. The summed E-state index contributed by atoms with van der Waals surface area (Å²) < 4.78 is 36.6. The Balaban J connectivity index is 1.42. The number of benzene rings is 2. The lowest BCUT2D eigenvalue weighted by Crippen LogP contribution is -2.16. The molecule has 0 aliphatic heterocycles. The van der Waals surface area contributed by atoms with Crippen LogP contribution in [0.3, 0.4) is 0 Å². The summed E-state index contributed by atoms with van der Waals surface area (Å²) in [5.74, 6) is -1.50. The molecule has 1 N–H and O–H groups in total. The number of anilines is 1. The van der Waals surface area contributed by atoms with E-state index in [0.29, 0.717) is 28.4 Å². The number of nitrogens with zero attached hydrogens (tertiary/aromatic N) is 6. The van der Waals surface area contributed by atoms with Gasteiger partial charge in [-0.1, -0.05) is 12.1 Å². The minimum atomic E-state index is -0.699. The number of fused-ring (bicyclic) bond motifs is 1. The first-order valence-electron chi connectivity index (χ1n) is 10.2. The summed E-state index contributed by atoms with van der Waals surface area (Å²) in [5, 5.41) is 13.9. The Morgan fingerprint density at radius 2 is 1.88 bits per heavy atom. The molecule has 3 aromatic heterocycles. The number of tetrazole rings is 1. The number of hydrogen-bond acceptors (Lipinski definition) is 6. The SMILES string of the molecule is Cc1nc2c(OCc3c(F)cccc3F)cccn2c1C(=O)Nc1cccc(-n2cnnn2)c1. The van der Waals surface area contributed by atoms with E-state index in [1.54, 1.807) is 53.9 Å². The summed E-state index contributed by atoms with van der Waals surface area (Å²) in [4.78, 5) is 17.6. The van der Waals surface area contributed by atoms with Crippen molar-refractivity contribution in [2.24, 2.45) is 0 Å². The van der Waals surface area contributed by atoms with Gasteiger partial charge in [-0.05, 0) is 59.8 Å². The second kappa shape index (κ2) is 8.70. The third-order valence-electron chi connectivity index (χ3n) is 5.15. The van der Waals surface area contributed by atoms with Gasteiger partial charge in [0.25, 0.3) is 5.91 Å². The van der Waals surface area contributed by atoms with Gasteiger partial charge in [0.05, 0.1) is 16.9 Å². The van der Waals surface area contributed by atoms with Gasteiger partial charge < -0.3 is 10.1 Å². The summed E-state index contributed by atoms with van der Waals surface area (Å²) in [7, 11) is 0. The van der Waals surface area contributed by atoms with E-state index in [9.17, 15) is 13.6 Å². The van der Waals surface area contributed by atoms with Crippen LogP contribution in [-0.2, 0) is 6.61 Å². The molecule has 0 saturated heterocycles. The number of hydrogen-bond donors (Lipinski definition) is 1. The summed E-state index contributed by atoms with van der Waals surface area (Å²) >= 11 is 0. The van der Waals surface area contributed by atoms with Crippen molar-refractivity contribution in [2.75, 3.05) is 5.32 Å². The molecule has 0 unspecified atom stereocenters. The molecule has 9 nitrogen and oxygen atoms in total. The van der Waals surface area contributed by atoms with Gasteiger partial charge in [-0.2, -0.15) is 0 Å². The minimum Gasteiger partial charge on any atom is -0.485 e. The number of carbonyl (C=O) groups is 1. The van der Waals surface area contributed by atoms with Crippen molar-refractivity contribution < 1.29 is 18.3 Å². The number of halogens is 2. The summed E-state index contributed by atoms with van der Waals surface area (Å²) in [6.07, 6.45) is 3.11. The van der Waals surface area contributed by atoms with Crippen molar-refractivity contribution in [1.29, 1.82) is 0 Å². The largest absolute Gasteiger partial charge is 0.485 e. The highest BCUT2D eigenvalue weighted by molar-refractivity contribution is 6.04. The predicted octanol–water partition coefficient (Wildman–Crippen LogP) is 3.73. The topological polar surface area (TPSA) is 99.2 Å². The quantitative estimate of drug-likeness (QED) is 0.414. The van der Waals surface area contributed by atoms with Crippen LogP contribution in [0.25, 0.3) is 11.3 Å². The fraction of sp³-hybridized carbons (Fsp3) is 0.0870.